The van der Waals surface area contributed by atoms with Gasteiger partial charge in [0.15, 0.2) is 0 Å². The highest BCUT2D eigenvalue weighted by molar-refractivity contribution is 7.89. The zero-order valence-corrected chi connectivity index (χ0v) is 16.8. The maximum atomic E-state index is 13.2. The van der Waals surface area contributed by atoms with Gasteiger partial charge in [-0.3, -0.25) is 4.79 Å². The van der Waals surface area contributed by atoms with Gasteiger partial charge in [0.2, 0.25) is 10.0 Å². The van der Waals surface area contributed by atoms with Gasteiger partial charge in [-0.15, -0.1) is 0 Å². The summed E-state index contributed by atoms with van der Waals surface area (Å²) in [6.45, 7) is 2.05. The lowest BCUT2D eigenvalue weighted by atomic mass is 10.1. The number of urea groups is 1. The maximum Gasteiger partial charge on any atom is 0.329 e. The number of carbonyl (C=O) groups excluding carboxylic acids is 2. The number of nitrogens with one attached hydrogen (secondary N) is 1. The van der Waals surface area contributed by atoms with E-state index in [1.54, 1.807) is 36.4 Å². The Balaban J connectivity index is 1.68. The number of fused-ring (bicyclic) bond motifs is 1. The van der Waals surface area contributed by atoms with Crippen LogP contribution in [-0.4, -0.2) is 50.4 Å². The van der Waals surface area contributed by atoms with Crippen molar-refractivity contribution in [1.82, 2.24) is 9.62 Å². The number of imide groups is 1. The van der Waals surface area contributed by atoms with Crippen molar-refractivity contribution < 1.29 is 22.7 Å². The maximum absolute atomic E-state index is 13.2. The monoisotopic (exact) mass is 415 g/mol. The lowest BCUT2D eigenvalue weighted by molar-refractivity contribution is -0.122. The molecular formula is C20H21N3O5S. The summed E-state index contributed by atoms with van der Waals surface area (Å²) in [4.78, 5) is 26.9. The molecule has 2 aliphatic heterocycles. The van der Waals surface area contributed by atoms with Crippen LogP contribution in [0.4, 0.5) is 10.5 Å². The van der Waals surface area contributed by atoms with Crippen LogP contribution in [0.3, 0.4) is 0 Å². The molecule has 3 amide bonds. The van der Waals surface area contributed by atoms with Gasteiger partial charge in [0.05, 0.1) is 23.7 Å². The van der Waals surface area contributed by atoms with Gasteiger partial charge in [0.1, 0.15) is 11.8 Å². The van der Waals surface area contributed by atoms with Gasteiger partial charge in [0, 0.05) is 6.54 Å². The molecule has 2 aromatic carbocycles. The van der Waals surface area contributed by atoms with Crippen LogP contribution < -0.4 is 15.0 Å². The molecule has 2 aromatic rings. The second-order valence-electron chi connectivity index (χ2n) is 7.09. The molecular weight excluding hydrogens is 394 g/mol. The Morgan fingerprint density at radius 3 is 2.31 bits per heavy atom. The van der Waals surface area contributed by atoms with E-state index in [2.05, 4.69) is 5.32 Å². The van der Waals surface area contributed by atoms with E-state index < -0.39 is 34.0 Å². The third kappa shape index (κ3) is 3.26. The number of rotatable bonds is 4. The number of amides is 3. The highest BCUT2D eigenvalue weighted by Crippen LogP contribution is 2.32. The summed E-state index contributed by atoms with van der Waals surface area (Å²) < 4.78 is 32.7. The molecule has 29 heavy (non-hydrogen) atoms. The predicted octanol–water partition coefficient (Wildman–Crippen LogP) is 1.89. The van der Waals surface area contributed by atoms with Gasteiger partial charge in [-0.2, -0.15) is 4.31 Å². The lowest BCUT2D eigenvalue weighted by Gasteiger charge is -2.36. The molecule has 0 bridgehead atoms. The van der Waals surface area contributed by atoms with Crippen LogP contribution in [0.2, 0.25) is 0 Å². The van der Waals surface area contributed by atoms with E-state index in [1.807, 2.05) is 6.92 Å². The summed E-state index contributed by atoms with van der Waals surface area (Å²) in [5.41, 5.74) is 1.39. The first-order valence-electron chi connectivity index (χ1n) is 9.20. The number of aryl methyl sites for hydroxylation is 1. The quantitative estimate of drug-likeness (QED) is 0.823. The number of nitrogens with zero attached hydrogens (tertiary/aromatic N) is 2. The van der Waals surface area contributed by atoms with Crippen LogP contribution in [0, 0.1) is 6.92 Å². The Morgan fingerprint density at radius 1 is 1.03 bits per heavy atom. The molecule has 0 radical (unpaired) electrons. The Bertz CT molecular complexity index is 1050. The smallest absolute Gasteiger partial charge is 0.329 e. The van der Waals surface area contributed by atoms with Crippen LogP contribution in [0.1, 0.15) is 12.0 Å². The second-order valence-corrected chi connectivity index (χ2v) is 8.98. The largest absolute Gasteiger partial charge is 0.497 e. The minimum atomic E-state index is -3.92. The number of ether oxygens (including phenoxy) is 1. The molecule has 2 atom stereocenters. The van der Waals surface area contributed by atoms with E-state index >= 15 is 0 Å². The zero-order chi connectivity index (χ0) is 20.8. The van der Waals surface area contributed by atoms with Gasteiger partial charge in [-0.05, 0) is 49.7 Å². The number of anilines is 1. The molecule has 0 aromatic heterocycles. The molecule has 9 heteroatoms. The molecule has 2 fully saturated rings. The lowest BCUT2D eigenvalue weighted by Crippen LogP contribution is -2.64. The normalized spacial score (nSPS) is 22.3. The number of hydrogen-bond acceptors (Lipinski definition) is 5. The summed E-state index contributed by atoms with van der Waals surface area (Å²) in [6.07, 6.45) is 0.374. The fourth-order valence-electron chi connectivity index (χ4n) is 3.76. The third-order valence-corrected chi connectivity index (χ3v) is 7.19. The van der Waals surface area contributed by atoms with Crippen molar-refractivity contribution in [3.63, 3.8) is 0 Å². The average Bonchev–Trinajstić information content (AvgIpc) is 3.14. The van der Waals surface area contributed by atoms with Gasteiger partial charge < -0.3 is 10.1 Å². The van der Waals surface area contributed by atoms with Crippen molar-refractivity contribution in [2.75, 3.05) is 18.6 Å². The van der Waals surface area contributed by atoms with Gasteiger partial charge >= 0.3 is 6.03 Å². The molecule has 1 N–H and O–H groups in total. The highest BCUT2D eigenvalue weighted by Gasteiger charge is 2.52. The number of hydrogen-bond donors (Lipinski definition) is 1. The fourth-order valence-corrected chi connectivity index (χ4v) is 5.39. The molecule has 152 valence electrons. The van der Waals surface area contributed by atoms with Crippen molar-refractivity contribution in [3.05, 3.63) is 54.1 Å². The molecule has 0 spiro atoms. The number of benzene rings is 2. The van der Waals surface area contributed by atoms with Crippen LogP contribution >= 0.6 is 0 Å². The SMILES string of the molecule is COc1ccc(S(=O)(=O)N2CC[C@H]3NC(=O)N(c4ccc(C)cc4)C(=O)[C@@H]32)cc1. The van der Waals surface area contributed by atoms with E-state index in [-0.39, 0.29) is 11.4 Å². The molecule has 2 saturated heterocycles. The van der Waals surface area contributed by atoms with E-state index in [0.717, 1.165) is 10.5 Å². The number of sulfonamides is 1. The van der Waals surface area contributed by atoms with E-state index in [0.29, 0.717) is 17.9 Å². The predicted molar refractivity (Wildman–Crippen MR) is 106 cm³/mol. The molecule has 2 aliphatic rings. The average molecular weight is 415 g/mol. The van der Waals surface area contributed by atoms with Crippen molar-refractivity contribution in [2.24, 2.45) is 0 Å². The minimum Gasteiger partial charge on any atom is -0.497 e. The van der Waals surface area contributed by atoms with Crippen LogP contribution in [0.5, 0.6) is 5.75 Å². The van der Waals surface area contributed by atoms with E-state index in [9.17, 15) is 18.0 Å². The molecule has 0 aliphatic carbocycles. The summed E-state index contributed by atoms with van der Waals surface area (Å²) in [5, 5.41) is 2.78. The van der Waals surface area contributed by atoms with Crippen LogP contribution in [-0.2, 0) is 14.8 Å². The minimum absolute atomic E-state index is 0.0746. The molecule has 2 heterocycles. The summed E-state index contributed by atoms with van der Waals surface area (Å²) >= 11 is 0. The number of carbonyl (C=O) groups is 2. The standard InChI is InChI=1S/C20H21N3O5S/c1-13-3-5-14(6-4-13)23-19(24)18-17(21-20(23)25)11-12-22(18)29(26,27)16-9-7-15(28-2)8-10-16/h3-10,17-18H,11-12H2,1-2H3,(H,21,25)/t17-,18-/m1/s1. The van der Waals surface area contributed by atoms with Gasteiger partial charge in [0.25, 0.3) is 5.91 Å². The van der Waals surface area contributed by atoms with Gasteiger partial charge in [-0.25, -0.2) is 18.1 Å². The molecule has 0 saturated carbocycles. The second kappa shape index (κ2) is 7.16. The Morgan fingerprint density at radius 2 is 1.69 bits per heavy atom. The first kappa shape index (κ1) is 19.4. The van der Waals surface area contributed by atoms with Crippen LogP contribution in [0.25, 0.3) is 0 Å². The van der Waals surface area contributed by atoms with Crippen molar-refractivity contribution >= 4 is 27.6 Å². The Labute approximate surface area is 169 Å². The molecule has 4 rings (SSSR count). The summed E-state index contributed by atoms with van der Waals surface area (Å²) in [7, 11) is -2.42. The Kier molecular flexibility index (Phi) is 4.79. The van der Waals surface area contributed by atoms with Crippen molar-refractivity contribution in [1.29, 1.82) is 0 Å². The highest BCUT2D eigenvalue weighted by atomic mass is 32.2. The number of methoxy groups -OCH3 is 1. The third-order valence-electron chi connectivity index (χ3n) is 5.30. The van der Waals surface area contributed by atoms with Crippen molar-refractivity contribution in [3.8, 4) is 5.75 Å². The van der Waals surface area contributed by atoms with Crippen LogP contribution in [0.15, 0.2) is 53.4 Å². The first-order valence-corrected chi connectivity index (χ1v) is 10.6. The van der Waals surface area contributed by atoms with E-state index in [1.165, 1.54) is 23.5 Å². The Hall–Kier alpha value is -2.91. The summed E-state index contributed by atoms with van der Waals surface area (Å²) in [5.74, 6) is -0.00742. The topological polar surface area (TPSA) is 96.0 Å². The molecule has 8 nitrogen and oxygen atoms in total. The fraction of sp³-hybridized carbons (Fsp3) is 0.300. The molecule has 0 unspecified atom stereocenters. The van der Waals surface area contributed by atoms with Crippen molar-refractivity contribution in [2.45, 2.75) is 30.3 Å². The summed E-state index contributed by atoms with van der Waals surface area (Å²) in [6, 6.07) is 10.9. The van der Waals surface area contributed by atoms with Gasteiger partial charge in [-0.1, -0.05) is 17.7 Å². The first-order chi connectivity index (χ1) is 13.8. The van der Waals surface area contributed by atoms with E-state index in [4.69, 9.17) is 4.74 Å². The zero-order valence-electron chi connectivity index (χ0n) is 16.0.